The number of nitro groups is 1. The molecule has 0 bridgehead atoms. The number of hydrogen-bond acceptors (Lipinski definition) is 6. The van der Waals surface area contributed by atoms with Crippen molar-refractivity contribution >= 4 is 22.4 Å². The second kappa shape index (κ2) is 5.45. The van der Waals surface area contributed by atoms with E-state index >= 15 is 0 Å². The Morgan fingerprint density at radius 1 is 1.12 bits per heavy atom. The van der Waals surface area contributed by atoms with Crippen LogP contribution in [0.2, 0.25) is 0 Å². The molecule has 0 saturated carbocycles. The number of pyridine rings is 1. The summed E-state index contributed by atoms with van der Waals surface area (Å²) in [6.07, 6.45) is 1.63. The predicted molar refractivity (Wildman–Crippen MR) is 94.8 cm³/mol. The van der Waals surface area contributed by atoms with Crippen LogP contribution in [0, 0.1) is 30.9 Å². The van der Waals surface area contributed by atoms with Crippen LogP contribution in [0.25, 0.3) is 22.4 Å². The first-order valence-corrected chi connectivity index (χ1v) is 7.87. The summed E-state index contributed by atoms with van der Waals surface area (Å²) >= 11 is 0. The Hall–Kier alpha value is -3.62. The van der Waals surface area contributed by atoms with Crippen molar-refractivity contribution in [2.75, 3.05) is 0 Å². The molecule has 0 amide bonds. The van der Waals surface area contributed by atoms with E-state index in [0.29, 0.717) is 39.4 Å². The van der Waals surface area contributed by atoms with E-state index in [2.05, 4.69) is 15.1 Å². The second-order valence-electron chi connectivity index (χ2n) is 6.05. The number of aromatic nitrogens is 5. The number of nitro benzene ring substituents is 1. The van der Waals surface area contributed by atoms with Crippen LogP contribution in [0.5, 0.6) is 0 Å². The minimum Gasteiger partial charge on any atom is -0.283 e. The molecule has 0 fully saturated rings. The Morgan fingerprint density at radius 2 is 1.88 bits per heavy atom. The number of fused-ring (bicyclic) bond motifs is 3. The van der Waals surface area contributed by atoms with Crippen molar-refractivity contribution in [2.45, 2.75) is 20.8 Å². The van der Waals surface area contributed by atoms with Gasteiger partial charge in [0.15, 0.2) is 0 Å². The van der Waals surface area contributed by atoms with Gasteiger partial charge in [0.2, 0.25) is 0 Å². The van der Waals surface area contributed by atoms with Crippen LogP contribution in [0.3, 0.4) is 0 Å². The molecule has 0 spiro atoms. The molecular weight excluding hydrogens is 336 g/mol. The first-order chi connectivity index (χ1) is 12.4. The fourth-order valence-corrected chi connectivity index (χ4v) is 3.10. The number of aryl methyl sites for hydroxylation is 3. The third-order valence-electron chi connectivity index (χ3n) is 4.27. The Labute approximate surface area is 146 Å². The monoisotopic (exact) mass is 350 g/mol. The Morgan fingerprint density at radius 3 is 2.58 bits per heavy atom. The number of non-ortho nitro benzene ring substituents is 1. The predicted octanol–water partition coefficient (Wildman–Crippen LogP) is 2.26. The van der Waals surface area contributed by atoms with E-state index in [1.165, 1.54) is 16.7 Å². The topological polar surface area (TPSA) is 108 Å². The van der Waals surface area contributed by atoms with E-state index < -0.39 is 4.92 Å². The van der Waals surface area contributed by atoms with Gasteiger partial charge in [0.1, 0.15) is 5.82 Å². The number of rotatable bonds is 2. The third-order valence-corrected chi connectivity index (χ3v) is 4.27. The van der Waals surface area contributed by atoms with Gasteiger partial charge in [-0.3, -0.25) is 19.5 Å². The van der Waals surface area contributed by atoms with Gasteiger partial charge >= 0.3 is 0 Å². The van der Waals surface area contributed by atoms with Gasteiger partial charge in [-0.25, -0.2) is 4.98 Å². The highest BCUT2D eigenvalue weighted by Crippen LogP contribution is 2.21. The Balaban J connectivity index is 2.03. The maximum atomic E-state index is 13.1. The lowest BCUT2D eigenvalue weighted by Crippen LogP contribution is -2.20. The zero-order chi connectivity index (χ0) is 18.6. The molecule has 0 atom stereocenters. The van der Waals surface area contributed by atoms with Crippen LogP contribution in [0.4, 0.5) is 5.69 Å². The first kappa shape index (κ1) is 15.9. The van der Waals surface area contributed by atoms with Gasteiger partial charge in [0.25, 0.3) is 17.0 Å². The molecular formula is C17H14N6O3. The van der Waals surface area contributed by atoms with Gasteiger partial charge in [-0.05, 0) is 38.5 Å². The third kappa shape index (κ3) is 2.25. The molecule has 0 N–H and O–H groups in total. The number of nitrogens with zero attached hydrogens (tertiary/aromatic N) is 6. The maximum Gasteiger partial charge on any atom is 0.269 e. The van der Waals surface area contributed by atoms with Gasteiger partial charge in [-0.1, -0.05) is 0 Å². The zero-order valence-corrected chi connectivity index (χ0v) is 14.3. The molecule has 4 rings (SSSR count). The van der Waals surface area contributed by atoms with Gasteiger partial charge in [-0.2, -0.15) is 9.50 Å². The largest absolute Gasteiger partial charge is 0.283 e. The quantitative estimate of drug-likeness (QED) is 0.405. The van der Waals surface area contributed by atoms with Crippen molar-refractivity contribution in [3.8, 4) is 5.69 Å². The fraction of sp³-hybridized carbons (Fsp3) is 0.176. The zero-order valence-electron chi connectivity index (χ0n) is 14.3. The highest BCUT2D eigenvalue weighted by Gasteiger charge is 2.16. The van der Waals surface area contributed by atoms with E-state index in [0.717, 1.165) is 0 Å². The van der Waals surface area contributed by atoms with E-state index in [1.807, 2.05) is 0 Å². The second-order valence-corrected chi connectivity index (χ2v) is 6.05. The maximum absolute atomic E-state index is 13.1. The van der Waals surface area contributed by atoms with Crippen molar-refractivity contribution in [3.63, 3.8) is 0 Å². The normalized spacial score (nSPS) is 11.3. The molecule has 0 aliphatic carbocycles. The van der Waals surface area contributed by atoms with Crippen LogP contribution in [0.15, 0.2) is 35.3 Å². The Kier molecular flexibility index (Phi) is 3.33. The summed E-state index contributed by atoms with van der Waals surface area (Å²) in [4.78, 5) is 32.2. The van der Waals surface area contributed by atoms with Crippen LogP contribution >= 0.6 is 0 Å². The summed E-state index contributed by atoms with van der Waals surface area (Å²) in [5, 5.41) is 15.7. The van der Waals surface area contributed by atoms with Gasteiger partial charge in [0, 0.05) is 18.3 Å². The van der Waals surface area contributed by atoms with Crippen LogP contribution < -0.4 is 5.56 Å². The summed E-state index contributed by atoms with van der Waals surface area (Å²) in [6, 6.07) is 6.17. The summed E-state index contributed by atoms with van der Waals surface area (Å²) in [5.41, 5.74) is 2.10. The molecule has 1 aromatic carbocycles. The molecule has 130 valence electrons. The molecule has 26 heavy (non-hydrogen) atoms. The number of benzene rings is 1. The first-order valence-electron chi connectivity index (χ1n) is 7.87. The fourth-order valence-electron chi connectivity index (χ4n) is 3.10. The van der Waals surface area contributed by atoms with E-state index in [1.54, 1.807) is 43.6 Å². The van der Waals surface area contributed by atoms with E-state index in [9.17, 15) is 14.9 Å². The van der Waals surface area contributed by atoms with E-state index in [-0.39, 0.29) is 11.2 Å². The molecule has 9 heteroatoms. The summed E-state index contributed by atoms with van der Waals surface area (Å²) < 4.78 is 3.01. The van der Waals surface area contributed by atoms with Crippen molar-refractivity contribution in [1.82, 2.24) is 24.1 Å². The molecule has 0 unspecified atom stereocenters. The lowest BCUT2D eigenvalue weighted by atomic mass is 10.1. The molecule has 0 radical (unpaired) electrons. The Bertz CT molecular complexity index is 1270. The van der Waals surface area contributed by atoms with Crippen molar-refractivity contribution < 1.29 is 4.92 Å². The molecule has 3 heterocycles. The van der Waals surface area contributed by atoms with Crippen LogP contribution in [-0.2, 0) is 0 Å². The molecule has 0 aliphatic rings. The molecule has 3 aromatic heterocycles. The van der Waals surface area contributed by atoms with Crippen molar-refractivity contribution in [1.29, 1.82) is 0 Å². The molecule has 0 aliphatic heterocycles. The standard InChI is InChI=1S/C17H14N6O3/c1-9-8-12(23(25)26)4-5-13(9)21-7-6-14-15(16(21)24)10(2)18-17-19-11(3)20-22(14)17/h4-8H,1-3H3. The number of hydrogen-bond donors (Lipinski definition) is 0. The minimum absolute atomic E-state index is 0.0160. The lowest BCUT2D eigenvalue weighted by molar-refractivity contribution is -0.384. The van der Waals surface area contributed by atoms with Crippen LogP contribution in [0.1, 0.15) is 17.1 Å². The molecule has 4 aromatic rings. The minimum atomic E-state index is -0.461. The molecule has 0 saturated heterocycles. The summed E-state index contributed by atoms with van der Waals surface area (Å²) in [6.45, 7) is 5.24. The van der Waals surface area contributed by atoms with Gasteiger partial charge < -0.3 is 0 Å². The van der Waals surface area contributed by atoms with E-state index in [4.69, 9.17) is 0 Å². The van der Waals surface area contributed by atoms with Crippen molar-refractivity contribution in [2.24, 2.45) is 0 Å². The van der Waals surface area contributed by atoms with Crippen LogP contribution in [-0.4, -0.2) is 29.1 Å². The average Bonchev–Trinajstić information content (AvgIpc) is 2.95. The summed E-state index contributed by atoms with van der Waals surface area (Å²) in [5.74, 6) is 1.01. The van der Waals surface area contributed by atoms with Crippen molar-refractivity contribution in [3.05, 3.63) is 68.0 Å². The van der Waals surface area contributed by atoms with Gasteiger partial charge in [-0.15, -0.1) is 5.10 Å². The van der Waals surface area contributed by atoms with Gasteiger partial charge in [0.05, 0.1) is 27.2 Å². The highest BCUT2D eigenvalue weighted by molar-refractivity contribution is 5.82. The SMILES string of the molecule is Cc1nc2nc(C)c3c(=O)n(-c4ccc([N+](=O)[O-])cc4C)ccc3n2n1. The summed E-state index contributed by atoms with van der Waals surface area (Å²) in [7, 11) is 0. The highest BCUT2D eigenvalue weighted by atomic mass is 16.6. The smallest absolute Gasteiger partial charge is 0.269 e. The average molecular weight is 350 g/mol. The molecule has 9 nitrogen and oxygen atoms in total. The lowest BCUT2D eigenvalue weighted by Gasteiger charge is -2.11.